The summed E-state index contributed by atoms with van der Waals surface area (Å²) in [5.41, 5.74) is 2.41. The van der Waals surface area contributed by atoms with Gasteiger partial charge in [-0.25, -0.2) is 4.79 Å². The van der Waals surface area contributed by atoms with Gasteiger partial charge in [0.2, 0.25) is 0 Å². The number of carbonyl (C=O) groups is 1. The zero-order valence-corrected chi connectivity index (χ0v) is 16.2. The molecular weight excluding hydrogens is 390 g/mol. The first-order valence-corrected chi connectivity index (χ1v) is 8.63. The zero-order valence-electron chi connectivity index (χ0n) is 15.1. The fourth-order valence-corrected chi connectivity index (χ4v) is 2.43. The van der Waals surface area contributed by atoms with Crippen LogP contribution in [0, 0.1) is 63.7 Å². The Hall–Kier alpha value is -1.90. The molecule has 4 heteroatoms. The summed E-state index contributed by atoms with van der Waals surface area (Å²) in [6.45, 7) is 0. The number of rotatable bonds is 4. The summed E-state index contributed by atoms with van der Waals surface area (Å²) in [6, 6.07) is 19.3. The minimum Gasteiger partial charge on any atom is -0.317 e. The molecule has 2 aliphatic rings. The standard InChI is InChI=1S/C19H14NO2.C5H5.Fe/c21-19(17-13-7-8-14-17)22-20-18(15-9-3-1-4-10-15)16-11-5-2-6-12-16;1-2-4-5-3-1;/h1-14H;1-5H;/q;;+2. The molecular formula is C24H19FeNO2+2. The van der Waals surface area contributed by atoms with Gasteiger partial charge in [0.05, 0.1) is 5.92 Å². The number of hydrogen-bond donors (Lipinski definition) is 0. The topological polar surface area (TPSA) is 38.7 Å². The molecule has 2 aromatic rings. The van der Waals surface area contributed by atoms with Gasteiger partial charge in [0.25, 0.3) is 0 Å². The van der Waals surface area contributed by atoms with Crippen molar-refractivity contribution in [1.29, 1.82) is 0 Å². The molecule has 0 aliphatic heterocycles. The quantitative estimate of drug-likeness (QED) is 0.325. The molecule has 2 aromatic carbocycles. The van der Waals surface area contributed by atoms with Gasteiger partial charge < -0.3 is 4.84 Å². The van der Waals surface area contributed by atoms with E-state index in [-0.39, 0.29) is 17.1 Å². The van der Waals surface area contributed by atoms with Gasteiger partial charge in [0.1, 0.15) is 5.71 Å². The Morgan fingerprint density at radius 2 is 1.07 bits per heavy atom. The Morgan fingerprint density at radius 1 is 0.643 bits per heavy atom. The minimum absolute atomic E-state index is 0. The third-order valence-corrected chi connectivity index (χ3v) is 3.77. The first kappa shape index (κ1) is 22.4. The Balaban J connectivity index is 0.000000408. The van der Waals surface area contributed by atoms with E-state index in [2.05, 4.69) is 5.16 Å². The molecule has 2 saturated carbocycles. The van der Waals surface area contributed by atoms with Crippen molar-refractivity contribution in [2.75, 3.05) is 0 Å². The van der Waals surface area contributed by atoms with E-state index in [1.165, 1.54) is 0 Å². The van der Waals surface area contributed by atoms with E-state index in [4.69, 9.17) is 4.84 Å². The van der Waals surface area contributed by atoms with E-state index in [1.54, 1.807) is 25.7 Å². The molecule has 3 nitrogen and oxygen atoms in total. The van der Waals surface area contributed by atoms with E-state index >= 15 is 0 Å². The van der Waals surface area contributed by atoms with Gasteiger partial charge >= 0.3 is 23.0 Å². The predicted molar refractivity (Wildman–Crippen MR) is 107 cm³/mol. The summed E-state index contributed by atoms with van der Waals surface area (Å²) >= 11 is 0. The first-order valence-electron chi connectivity index (χ1n) is 8.63. The SMILES string of the molecule is O=C(ON=C(c1ccccc1)c1ccccc1)[C]1[CH][CH][CH][CH]1.[CH]1[CH][CH][CH][CH]1.[Fe+2]. The number of nitrogens with zero attached hydrogens (tertiary/aromatic N) is 1. The van der Waals surface area contributed by atoms with Gasteiger partial charge in [-0.05, 0) is 57.8 Å². The molecule has 0 N–H and O–H groups in total. The van der Waals surface area contributed by atoms with E-state index in [0.29, 0.717) is 11.6 Å². The molecule has 2 aliphatic carbocycles. The van der Waals surface area contributed by atoms with Crippen molar-refractivity contribution in [3.63, 3.8) is 0 Å². The second kappa shape index (κ2) is 12.5. The van der Waals surface area contributed by atoms with Crippen LogP contribution in [0.25, 0.3) is 0 Å². The van der Waals surface area contributed by atoms with Crippen LogP contribution in [-0.2, 0) is 26.7 Å². The van der Waals surface area contributed by atoms with Gasteiger partial charge in [-0.3, -0.25) is 0 Å². The van der Waals surface area contributed by atoms with Crippen molar-refractivity contribution < 1.29 is 26.7 Å². The molecule has 28 heavy (non-hydrogen) atoms. The molecule has 0 atom stereocenters. The smallest absolute Gasteiger partial charge is 0.317 e. The monoisotopic (exact) mass is 409 g/mol. The third-order valence-electron chi connectivity index (χ3n) is 3.77. The fraction of sp³-hybridized carbons (Fsp3) is 0. The maximum atomic E-state index is 11.9. The molecule has 0 saturated heterocycles. The van der Waals surface area contributed by atoms with Gasteiger partial charge in [-0.2, -0.15) is 0 Å². The minimum atomic E-state index is -0.464. The maximum Gasteiger partial charge on any atom is 2.00 e. The number of hydrogen-bond acceptors (Lipinski definition) is 3. The van der Waals surface area contributed by atoms with E-state index < -0.39 is 5.97 Å². The van der Waals surface area contributed by atoms with Crippen LogP contribution in [0.3, 0.4) is 0 Å². The van der Waals surface area contributed by atoms with Crippen molar-refractivity contribution in [2.24, 2.45) is 5.16 Å². The Labute approximate surface area is 179 Å². The molecule has 0 heterocycles. The van der Waals surface area contributed by atoms with Gasteiger partial charge in [-0.1, -0.05) is 65.8 Å². The van der Waals surface area contributed by atoms with Crippen LogP contribution in [0.2, 0.25) is 0 Å². The summed E-state index contributed by atoms with van der Waals surface area (Å²) in [7, 11) is 0. The number of oxime groups is 1. The van der Waals surface area contributed by atoms with Gasteiger partial charge in [0, 0.05) is 11.1 Å². The van der Waals surface area contributed by atoms with Crippen molar-refractivity contribution in [3.05, 3.63) is 135 Å². The zero-order chi connectivity index (χ0) is 18.7. The van der Waals surface area contributed by atoms with Crippen LogP contribution in [0.1, 0.15) is 11.1 Å². The average molecular weight is 409 g/mol. The van der Waals surface area contributed by atoms with E-state index in [0.717, 1.165) is 11.1 Å². The Kier molecular flexibility index (Phi) is 10.0. The number of benzene rings is 2. The van der Waals surface area contributed by atoms with Crippen molar-refractivity contribution in [1.82, 2.24) is 0 Å². The van der Waals surface area contributed by atoms with Crippen molar-refractivity contribution >= 4 is 11.7 Å². The van der Waals surface area contributed by atoms with Crippen LogP contribution < -0.4 is 0 Å². The predicted octanol–water partition coefficient (Wildman–Crippen LogP) is 4.41. The van der Waals surface area contributed by atoms with Crippen LogP contribution in [0.4, 0.5) is 0 Å². The average Bonchev–Trinajstić information content (AvgIpc) is 3.46. The van der Waals surface area contributed by atoms with Crippen molar-refractivity contribution in [3.8, 4) is 0 Å². The van der Waals surface area contributed by atoms with E-state index in [9.17, 15) is 4.79 Å². The maximum absolute atomic E-state index is 11.9. The number of carbonyl (C=O) groups excluding carboxylic acids is 1. The molecule has 138 valence electrons. The Bertz CT molecular complexity index is 672. The third kappa shape index (κ3) is 6.92. The van der Waals surface area contributed by atoms with Crippen LogP contribution >= 0.6 is 0 Å². The second-order valence-corrected chi connectivity index (χ2v) is 5.69. The molecule has 0 aromatic heterocycles. The summed E-state index contributed by atoms with van der Waals surface area (Å²) in [4.78, 5) is 17.0. The van der Waals surface area contributed by atoms with Crippen LogP contribution in [0.5, 0.6) is 0 Å². The second-order valence-electron chi connectivity index (χ2n) is 5.69. The summed E-state index contributed by atoms with van der Waals surface area (Å²) < 4.78 is 0. The fourth-order valence-electron chi connectivity index (χ4n) is 2.43. The largest absolute Gasteiger partial charge is 2.00 e. The van der Waals surface area contributed by atoms with Gasteiger partial charge in [0.15, 0.2) is 0 Å². The Morgan fingerprint density at radius 3 is 1.50 bits per heavy atom. The molecule has 0 amide bonds. The molecule has 0 unspecified atom stereocenters. The van der Waals surface area contributed by atoms with Crippen LogP contribution in [0.15, 0.2) is 65.8 Å². The molecule has 2 fully saturated rings. The van der Waals surface area contributed by atoms with Crippen molar-refractivity contribution in [2.45, 2.75) is 0 Å². The molecule has 0 spiro atoms. The summed E-state index contributed by atoms with van der Waals surface area (Å²) in [5.74, 6) is 0.0265. The van der Waals surface area contributed by atoms with Gasteiger partial charge in [-0.15, -0.1) is 0 Å². The molecule has 0 bridgehead atoms. The molecule has 10 radical (unpaired) electrons. The summed E-state index contributed by atoms with van der Waals surface area (Å²) in [5, 5.41) is 4.09. The normalized spacial score (nSPS) is 15.7. The summed E-state index contributed by atoms with van der Waals surface area (Å²) in [6.07, 6.45) is 17.0. The van der Waals surface area contributed by atoms with E-state index in [1.807, 2.05) is 92.8 Å². The van der Waals surface area contributed by atoms with Crippen LogP contribution in [-0.4, -0.2) is 11.7 Å². The first-order chi connectivity index (χ1) is 13.3. The molecule has 4 rings (SSSR count).